The molecule has 106 valence electrons. The standard InChI is InChI=1S/C13H14BrN3O3/c1-2-17-8-10(7-15-17)13(19)20-6-5-16-9-11(14)3-4-12(16)18/h3-4,7-9H,2,5-6H2,1H3. The van der Waals surface area contributed by atoms with Crippen molar-refractivity contribution in [1.82, 2.24) is 14.3 Å². The first-order valence-electron chi connectivity index (χ1n) is 6.15. The normalized spacial score (nSPS) is 10.5. The lowest BCUT2D eigenvalue weighted by molar-refractivity contribution is 0.0490. The number of rotatable bonds is 5. The number of halogens is 1. The van der Waals surface area contributed by atoms with Crippen LogP contribution in [0.15, 0.2) is 40.0 Å². The zero-order valence-corrected chi connectivity index (χ0v) is 12.5. The van der Waals surface area contributed by atoms with Gasteiger partial charge in [0.2, 0.25) is 0 Å². The van der Waals surface area contributed by atoms with Gasteiger partial charge in [-0.2, -0.15) is 5.10 Å². The van der Waals surface area contributed by atoms with Crippen LogP contribution in [0.25, 0.3) is 0 Å². The average Bonchev–Trinajstić information content (AvgIpc) is 2.91. The summed E-state index contributed by atoms with van der Waals surface area (Å²) in [7, 11) is 0. The molecule has 0 amide bonds. The Kier molecular flexibility index (Phi) is 4.73. The van der Waals surface area contributed by atoms with Crippen molar-refractivity contribution in [3.8, 4) is 0 Å². The number of nitrogens with zero attached hydrogens (tertiary/aromatic N) is 3. The van der Waals surface area contributed by atoms with Crippen LogP contribution in [0, 0.1) is 0 Å². The zero-order valence-electron chi connectivity index (χ0n) is 11.0. The molecule has 2 rings (SSSR count). The van der Waals surface area contributed by atoms with Crippen LogP contribution in [-0.4, -0.2) is 26.9 Å². The van der Waals surface area contributed by atoms with E-state index in [2.05, 4.69) is 21.0 Å². The van der Waals surface area contributed by atoms with Crippen molar-refractivity contribution in [2.45, 2.75) is 20.0 Å². The van der Waals surface area contributed by atoms with Crippen molar-refractivity contribution in [3.63, 3.8) is 0 Å². The van der Waals surface area contributed by atoms with E-state index in [1.807, 2.05) is 6.92 Å². The molecule has 6 nitrogen and oxygen atoms in total. The van der Waals surface area contributed by atoms with Gasteiger partial charge >= 0.3 is 5.97 Å². The SMILES string of the molecule is CCn1cc(C(=O)OCCn2cc(Br)ccc2=O)cn1. The lowest BCUT2D eigenvalue weighted by Crippen LogP contribution is -2.21. The molecule has 0 fully saturated rings. The predicted octanol–water partition coefficient (Wildman–Crippen LogP) is 1.68. The summed E-state index contributed by atoms with van der Waals surface area (Å²) in [4.78, 5) is 23.3. The third kappa shape index (κ3) is 3.57. The first-order chi connectivity index (χ1) is 9.60. The molecular formula is C13H14BrN3O3. The fourth-order valence-electron chi connectivity index (χ4n) is 1.64. The van der Waals surface area contributed by atoms with Crippen LogP contribution >= 0.6 is 15.9 Å². The van der Waals surface area contributed by atoms with E-state index in [4.69, 9.17) is 4.74 Å². The molecule has 0 saturated heterocycles. The van der Waals surface area contributed by atoms with Crippen molar-refractivity contribution < 1.29 is 9.53 Å². The van der Waals surface area contributed by atoms with Gasteiger partial charge in [0.25, 0.3) is 5.56 Å². The van der Waals surface area contributed by atoms with Gasteiger partial charge in [-0.3, -0.25) is 9.48 Å². The summed E-state index contributed by atoms with van der Waals surface area (Å²) in [6.07, 6.45) is 4.76. The van der Waals surface area contributed by atoms with E-state index in [1.54, 1.807) is 23.1 Å². The lowest BCUT2D eigenvalue weighted by Gasteiger charge is -2.06. The molecule has 2 aromatic heterocycles. The summed E-state index contributed by atoms with van der Waals surface area (Å²) in [5.74, 6) is -0.437. The molecule has 0 aliphatic rings. The molecule has 0 unspecified atom stereocenters. The van der Waals surface area contributed by atoms with E-state index in [-0.39, 0.29) is 12.2 Å². The minimum absolute atomic E-state index is 0.131. The van der Waals surface area contributed by atoms with Crippen LogP contribution < -0.4 is 5.56 Å². The number of hydrogen-bond donors (Lipinski definition) is 0. The van der Waals surface area contributed by atoms with E-state index >= 15 is 0 Å². The summed E-state index contributed by atoms with van der Waals surface area (Å²) in [5.41, 5.74) is 0.275. The molecule has 0 atom stereocenters. The molecule has 7 heteroatoms. The first kappa shape index (κ1) is 14.5. The monoisotopic (exact) mass is 339 g/mol. The van der Waals surface area contributed by atoms with Gasteiger partial charge in [0.1, 0.15) is 6.61 Å². The highest BCUT2D eigenvalue weighted by molar-refractivity contribution is 9.10. The number of hydrogen-bond acceptors (Lipinski definition) is 4. The van der Waals surface area contributed by atoms with Crippen molar-refractivity contribution in [2.24, 2.45) is 0 Å². The largest absolute Gasteiger partial charge is 0.460 e. The third-order valence-corrected chi connectivity index (χ3v) is 3.17. The molecule has 0 saturated carbocycles. The Morgan fingerprint density at radius 2 is 2.20 bits per heavy atom. The Hall–Kier alpha value is -1.89. The van der Waals surface area contributed by atoms with Crippen LogP contribution in [0.5, 0.6) is 0 Å². The molecule has 20 heavy (non-hydrogen) atoms. The quantitative estimate of drug-likeness (QED) is 0.777. The van der Waals surface area contributed by atoms with Crippen LogP contribution in [0.3, 0.4) is 0 Å². The first-order valence-corrected chi connectivity index (χ1v) is 6.95. The van der Waals surface area contributed by atoms with Crippen LogP contribution in [0.2, 0.25) is 0 Å². The molecule has 2 heterocycles. The highest BCUT2D eigenvalue weighted by atomic mass is 79.9. The second-order valence-corrected chi connectivity index (χ2v) is 5.02. The van der Waals surface area contributed by atoms with Crippen molar-refractivity contribution in [2.75, 3.05) is 6.61 Å². The molecule has 0 spiro atoms. The van der Waals surface area contributed by atoms with E-state index in [1.165, 1.54) is 16.8 Å². The number of esters is 1. The second kappa shape index (κ2) is 6.51. The fourth-order valence-corrected chi connectivity index (χ4v) is 2.02. The maximum absolute atomic E-state index is 11.7. The molecule has 0 radical (unpaired) electrons. The minimum atomic E-state index is -0.437. The van der Waals surface area contributed by atoms with Gasteiger partial charge in [-0.05, 0) is 28.9 Å². The highest BCUT2D eigenvalue weighted by Gasteiger charge is 2.09. The molecular weight excluding hydrogens is 326 g/mol. The van der Waals surface area contributed by atoms with Gasteiger partial charge in [0.15, 0.2) is 0 Å². The Labute approximate surface area is 124 Å². The molecule has 0 bridgehead atoms. The smallest absolute Gasteiger partial charge is 0.341 e. The molecule has 2 aromatic rings. The highest BCUT2D eigenvalue weighted by Crippen LogP contribution is 2.05. The molecule has 0 N–H and O–H groups in total. The van der Waals surface area contributed by atoms with E-state index in [0.717, 1.165) is 4.47 Å². The van der Waals surface area contributed by atoms with E-state index < -0.39 is 5.97 Å². The van der Waals surface area contributed by atoms with Crippen LogP contribution in [0.4, 0.5) is 0 Å². The summed E-state index contributed by atoms with van der Waals surface area (Å²) in [6, 6.07) is 3.13. The lowest BCUT2D eigenvalue weighted by atomic mass is 10.4. The Morgan fingerprint density at radius 1 is 1.40 bits per heavy atom. The van der Waals surface area contributed by atoms with Crippen molar-refractivity contribution in [1.29, 1.82) is 0 Å². The van der Waals surface area contributed by atoms with Gasteiger partial charge in [-0.1, -0.05) is 0 Å². The van der Waals surface area contributed by atoms with E-state index in [9.17, 15) is 9.59 Å². The van der Waals surface area contributed by atoms with Crippen molar-refractivity contribution >= 4 is 21.9 Å². The number of carbonyl (C=O) groups is 1. The van der Waals surface area contributed by atoms with Crippen molar-refractivity contribution in [3.05, 3.63) is 51.1 Å². The number of ether oxygens (including phenoxy) is 1. The Bertz CT molecular complexity index is 663. The zero-order chi connectivity index (χ0) is 14.5. The van der Waals surface area contributed by atoms with Gasteiger partial charge in [0.05, 0.1) is 18.3 Å². The molecule has 0 aromatic carbocycles. The number of pyridine rings is 1. The maximum atomic E-state index is 11.7. The fraction of sp³-hybridized carbons (Fsp3) is 0.308. The third-order valence-electron chi connectivity index (χ3n) is 2.71. The number of aromatic nitrogens is 3. The minimum Gasteiger partial charge on any atom is -0.460 e. The average molecular weight is 340 g/mol. The van der Waals surface area contributed by atoms with Gasteiger partial charge in [-0.25, -0.2) is 4.79 Å². The molecule has 0 aliphatic carbocycles. The molecule has 0 aliphatic heterocycles. The van der Waals surface area contributed by atoms with Crippen LogP contribution in [0.1, 0.15) is 17.3 Å². The summed E-state index contributed by atoms with van der Waals surface area (Å²) in [6.45, 7) is 3.07. The number of carbonyl (C=O) groups excluding carboxylic acids is 1. The Balaban J connectivity index is 1.91. The second-order valence-electron chi connectivity index (χ2n) is 4.10. The Morgan fingerprint density at radius 3 is 2.90 bits per heavy atom. The van der Waals surface area contributed by atoms with Gasteiger partial charge in [0, 0.05) is 29.5 Å². The summed E-state index contributed by atoms with van der Waals surface area (Å²) >= 11 is 3.29. The van der Waals surface area contributed by atoms with Crippen LogP contribution in [-0.2, 0) is 17.8 Å². The predicted molar refractivity (Wildman–Crippen MR) is 76.6 cm³/mol. The van der Waals surface area contributed by atoms with Gasteiger partial charge in [-0.15, -0.1) is 0 Å². The van der Waals surface area contributed by atoms with E-state index in [0.29, 0.717) is 18.7 Å². The summed E-state index contributed by atoms with van der Waals surface area (Å²) < 4.78 is 9.04. The topological polar surface area (TPSA) is 66.1 Å². The number of aryl methyl sites for hydroxylation is 1. The van der Waals surface area contributed by atoms with Gasteiger partial charge < -0.3 is 9.30 Å². The maximum Gasteiger partial charge on any atom is 0.341 e. The summed E-state index contributed by atoms with van der Waals surface area (Å²) in [5, 5.41) is 4.00.